The molecule has 2 bridgehead atoms. The van der Waals surface area contributed by atoms with Crippen LogP contribution < -0.4 is 4.74 Å². The number of imide groups is 1. The summed E-state index contributed by atoms with van der Waals surface area (Å²) in [5.74, 6) is -1.87. The highest BCUT2D eigenvalue weighted by molar-refractivity contribution is 6.07. The van der Waals surface area contributed by atoms with Gasteiger partial charge in [0.05, 0.1) is 23.0 Å². The van der Waals surface area contributed by atoms with Crippen molar-refractivity contribution in [3.63, 3.8) is 0 Å². The van der Waals surface area contributed by atoms with Gasteiger partial charge >= 0.3 is 5.69 Å². The Kier molecular flexibility index (Phi) is 4.80. The molecule has 32 heavy (non-hydrogen) atoms. The molecule has 2 amide bonds. The summed E-state index contributed by atoms with van der Waals surface area (Å²) >= 11 is 0. The second-order valence-corrected chi connectivity index (χ2v) is 8.10. The van der Waals surface area contributed by atoms with E-state index in [4.69, 9.17) is 4.74 Å². The van der Waals surface area contributed by atoms with Gasteiger partial charge in [-0.3, -0.25) is 19.7 Å². The summed E-state index contributed by atoms with van der Waals surface area (Å²) in [5, 5.41) is 16.5. The zero-order valence-corrected chi connectivity index (χ0v) is 16.8. The van der Waals surface area contributed by atoms with E-state index in [1.54, 1.807) is 6.07 Å². The number of para-hydroxylation sites is 1. The number of allylic oxidation sites excluding steroid dienone is 2. The Balaban J connectivity index is 1.42. The zero-order chi connectivity index (χ0) is 22.4. The summed E-state index contributed by atoms with van der Waals surface area (Å²) in [6.45, 7) is -0.107. The van der Waals surface area contributed by atoms with Gasteiger partial charge in [0.25, 0.3) is 11.8 Å². The van der Waals surface area contributed by atoms with Crippen LogP contribution in [0.3, 0.4) is 0 Å². The van der Waals surface area contributed by atoms with Crippen LogP contribution in [-0.2, 0) is 16.2 Å². The fourth-order valence-electron chi connectivity index (χ4n) is 4.85. The van der Waals surface area contributed by atoms with Gasteiger partial charge in [0.15, 0.2) is 0 Å². The topological polar surface area (TPSA) is 102 Å². The lowest BCUT2D eigenvalue weighted by atomic mass is 9.85. The molecule has 0 radical (unpaired) electrons. The van der Waals surface area contributed by atoms with Crippen LogP contribution >= 0.6 is 0 Å². The lowest BCUT2D eigenvalue weighted by Gasteiger charge is -2.13. The first kappa shape index (κ1) is 20.0. The van der Waals surface area contributed by atoms with Crippen LogP contribution in [0.15, 0.2) is 59.7 Å². The third-order valence-electron chi connectivity index (χ3n) is 6.25. The minimum absolute atomic E-state index is 0.0598. The first-order chi connectivity index (χ1) is 15.4. The van der Waals surface area contributed by atoms with Gasteiger partial charge in [0.1, 0.15) is 12.4 Å². The smallest absolute Gasteiger partial charge is 0.311 e. The molecule has 0 aromatic heterocycles. The molecule has 1 saturated carbocycles. The second kappa shape index (κ2) is 7.67. The standard InChI is InChI=1S/C23H18FN3O5/c24-17-5-1-3-13(9-17)12-32-21-16(4-2-6-18(21)27(30)31)11-25-26-22(28)19-14-7-8-15(10-14)20(19)23(26)29/h1-9,11,14-15,19-20H,10,12H2. The minimum atomic E-state index is -0.599. The van der Waals surface area contributed by atoms with Gasteiger partial charge in [-0.25, -0.2) is 4.39 Å². The SMILES string of the molecule is O=C1C2C3C=CC(C3)C2C(=O)N1N=Cc1cccc([N+](=O)[O-])c1OCc1cccc(F)c1. The first-order valence-electron chi connectivity index (χ1n) is 10.2. The van der Waals surface area contributed by atoms with E-state index in [-0.39, 0.29) is 59.1 Å². The third-order valence-corrected chi connectivity index (χ3v) is 6.25. The summed E-state index contributed by atoms with van der Waals surface area (Å²) in [5.41, 5.74) is 0.421. The summed E-state index contributed by atoms with van der Waals surface area (Å²) in [4.78, 5) is 36.5. The molecule has 9 heteroatoms. The molecule has 0 spiro atoms. The molecular weight excluding hydrogens is 417 g/mol. The van der Waals surface area contributed by atoms with Crippen LogP contribution in [0.1, 0.15) is 17.5 Å². The Morgan fingerprint density at radius 3 is 2.47 bits per heavy atom. The van der Waals surface area contributed by atoms with E-state index in [0.29, 0.717) is 5.56 Å². The van der Waals surface area contributed by atoms with E-state index < -0.39 is 10.7 Å². The normalized spacial score (nSPS) is 25.7. The number of amides is 2. The van der Waals surface area contributed by atoms with Crippen LogP contribution in [0.4, 0.5) is 10.1 Å². The molecule has 1 saturated heterocycles. The second-order valence-electron chi connectivity index (χ2n) is 8.10. The number of rotatable bonds is 6. The number of hydrogen-bond donors (Lipinski definition) is 0. The maximum absolute atomic E-state index is 13.4. The van der Waals surface area contributed by atoms with Gasteiger partial charge < -0.3 is 4.74 Å². The van der Waals surface area contributed by atoms with Crippen LogP contribution in [0.25, 0.3) is 0 Å². The van der Waals surface area contributed by atoms with Gasteiger partial charge in [-0.05, 0) is 42.0 Å². The lowest BCUT2D eigenvalue weighted by molar-refractivity contribution is -0.385. The predicted molar refractivity (Wildman–Crippen MR) is 111 cm³/mol. The van der Waals surface area contributed by atoms with Crippen molar-refractivity contribution in [3.05, 3.63) is 81.7 Å². The molecular formula is C23H18FN3O5. The highest BCUT2D eigenvalue weighted by Gasteiger charge is 2.59. The van der Waals surface area contributed by atoms with Crippen molar-refractivity contribution in [3.8, 4) is 5.75 Å². The van der Waals surface area contributed by atoms with Crippen molar-refractivity contribution in [1.29, 1.82) is 0 Å². The summed E-state index contributed by atoms with van der Waals surface area (Å²) in [6, 6.07) is 9.97. The average Bonchev–Trinajstić information content (AvgIpc) is 3.45. The number of ether oxygens (including phenoxy) is 1. The van der Waals surface area contributed by atoms with Crippen LogP contribution in [0.5, 0.6) is 5.75 Å². The van der Waals surface area contributed by atoms with E-state index in [9.17, 15) is 24.1 Å². The molecule has 4 atom stereocenters. The van der Waals surface area contributed by atoms with Gasteiger partial charge in [-0.2, -0.15) is 10.1 Å². The fourth-order valence-corrected chi connectivity index (χ4v) is 4.85. The van der Waals surface area contributed by atoms with Gasteiger partial charge in [-0.15, -0.1) is 0 Å². The highest BCUT2D eigenvalue weighted by atomic mass is 19.1. The molecule has 0 N–H and O–H groups in total. The quantitative estimate of drug-likeness (QED) is 0.227. The van der Waals surface area contributed by atoms with Crippen molar-refractivity contribution in [2.75, 3.05) is 0 Å². The molecule has 1 heterocycles. The fraction of sp³-hybridized carbons (Fsp3) is 0.261. The minimum Gasteiger partial charge on any atom is -0.481 e. The van der Waals surface area contributed by atoms with Crippen molar-refractivity contribution in [2.24, 2.45) is 28.8 Å². The molecule has 162 valence electrons. The summed E-state index contributed by atoms with van der Waals surface area (Å²) < 4.78 is 19.1. The molecule has 4 unspecified atom stereocenters. The zero-order valence-electron chi connectivity index (χ0n) is 16.8. The maximum Gasteiger partial charge on any atom is 0.311 e. The first-order valence-corrected chi connectivity index (χ1v) is 10.2. The molecule has 2 aromatic rings. The van der Waals surface area contributed by atoms with Crippen molar-refractivity contribution >= 4 is 23.7 Å². The van der Waals surface area contributed by atoms with Gasteiger partial charge in [0.2, 0.25) is 5.75 Å². The Hall–Kier alpha value is -3.88. The van der Waals surface area contributed by atoms with E-state index in [1.807, 2.05) is 12.2 Å². The van der Waals surface area contributed by atoms with Crippen molar-refractivity contribution in [2.45, 2.75) is 13.0 Å². The predicted octanol–water partition coefficient (Wildman–Crippen LogP) is 3.45. The number of nitro benzene ring substituents is 1. The van der Waals surface area contributed by atoms with Gasteiger partial charge in [0, 0.05) is 11.6 Å². The van der Waals surface area contributed by atoms with Crippen LogP contribution in [0.2, 0.25) is 0 Å². The van der Waals surface area contributed by atoms with E-state index in [2.05, 4.69) is 5.10 Å². The molecule has 2 aromatic carbocycles. The van der Waals surface area contributed by atoms with E-state index in [0.717, 1.165) is 11.4 Å². The van der Waals surface area contributed by atoms with Crippen molar-refractivity contribution in [1.82, 2.24) is 5.01 Å². The summed E-state index contributed by atoms with van der Waals surface area (Å²) in [6.07, 6.45) is 6.01. The maximum atomic E-state index is 13.4. The number of carbonyl (C=O) groups excluding carboxylic acids is 2. The molecule has 2 fully saturated rings. The Bertz CT molecular complexity index is 1160. The average molecular weight is 435 g/mol. The molecule has 2 aliphatic carbocycles. The lowest BCUT2D eigenvalue weighted by Crippen LogP contribution is -2.28. The van der Waals surface area contributed by atoms with Crippen LogP contribution in [0, 0.1) is 39.6 Å². The van der Waals surface area contributed by atoms with Crippen molar-refractivity contribution < 1.29 is 23.6 Å². The molecule has 5 rings (SSSR count). The number of nitro groups is 1. The third kappa shape index (κ3) is 3.26. The number of nitrogens with zero attached hydrogens (tertiary/aromatic N) is 3. The molecule has 1 aliphatic heterocycles. The number of fused-ring (bicyclic) bond motifs is 5. The Morgan fingerprint density at radius 2 is 1.81 bits per heavy atom. The van der Waals surface area contributed by atoms with Crippen LogP contribution in [-0.4, -0.2) is 28.0 Å². The monoisotopic (exact) mass is 435 g/mol. The number of hydrazone groups is 1. The van der Waals surface area contributed by atoms with E-state index in [1.165, 1.54) is 42.6 Å². The molecule has 3 aliphatic rings. The number of halogens is 1. The summed E-state index contributed by atoms with van der Waals surface area (Å²) in [7, 11) is 0. The number of hydrogen-bond acceptors (Lipinski definition) is 6. The Morgan fingerprint density at radius 1 is 1.12 bits per heavy atom. The Labute approximate surface area is 182 Å². The molecule has 8 nitrogen and oxygen atoms in total. The number of carbonyl (C=O) groups is 2. The van der Waals surface area contributed by atoms with Gasteiger partial charge in [-0.1, -0.05) is 30.4 Å². The largest absolute Gasteiger partial charge is 0.481 e. The van der Waals surface area contributed by atoms with E-state index >= 15 is 0 Å². The number of benzene rings is 2. The highest BCUT2D eigenvalue weighted by Crippen LogP contribution is 2.52.